The van der Waals surface area contributed by atoms with Crippen LogP contribution in [0.4, 0.5) is 0 Å². The lowest BCUT2D eigenvalue weighted by Gasteiger charge is -2.23. The first-order valence-corrected chi connectivity index (χ1v) is 6.61. The van der Waals surface area contributed by atoms with E-state index in [0.717, 1.165) is 7.11 Å². The predicted octanol–water partition coefficient (Wildman–Crippen LogP) is -0.395. The Balaban J connectivity index is 2.76. The highest BCUT2D eigenvalue weighted by Crippen LogP contribution is 2.47. The van der Waals surface area contributed by atoms with Crippen molar-refractivity contribution < 1.29 is 37.8 Å². The molecule has 10 heteroatoms. The van der Waals surface area contributed by atoms with Crippen LogP contribution in [0.2, 0.25) is 0 Å². The minimum Gasteiger partial charge on any atom is -0.382 e. The van der Waals surface area contributed by atoms with Gasteiger partial charge < -0.3 is 19.1 Å². The summed E-state index contributed by atoms with van der Waals surface area (Å²) in [5.74, 6) is 0. The molecule has 0 aromatic rings. The van der Waals surface area contributed by atoms with Crippen molar-refractivity contribution in [1.82, 2.24) is 0 Å². The average molecular weight is 282 g/mol. The van der Waals surface area contributed by atoms with Gasteiger partial charge in [-0.2, -0.15) is 0 Å². The van der Waals surface area contributed by atoms with Crippen molar-refractivity contribution >= 4 is 15.7 Å². The molecule has 8 nitrogen and oxygen atoms in total. The molecule has 0 amide bonds. The van der Waals surface area contributed by atoms with E-state index in [9.17, 15) is 9.46 Å². The van der Waals surface area contributed by atoms with Crippen molar-refractivity contribution in [1.29, 1.82) is 0 Å². The zero-order valence-corrected chi connectivity index (χ0v) is 11.2. The maximum atomic E-state index is 11.5. The van der Waals surface area contributed by atoms with Crippen LogP contribution in [0.1, 0.15) is 0 Å². The molecule has 0 saturated carbocycles. The molecule has 1 rings (SSSR count). The molecule has 1 N–H and O–H groups in total. The third-order valence-electron chi connectivity index (χ3n) is 2.37. The number of phosphoric ester groups is 1. The SMILES string of the molecule is [B]C1OC(COC)C(OP(=O)(O)OOC)[C@@H]1OC. The molecule has 1 heterocycles. The molecule has 1 aliphatic rings. The maximum Gasteiger partial charge on any atom is 0.499 e. The van der Waals surface area contributed by atoms with E-state index in [1.165, 1.54) is 14.2 Å². The fourth-order valence-electron chi connectivity index (χ4n) is 1.72. The van der Waals surface area contributed by atoms with Gasteiger partial charge in [-0.1, -0.05) is 0 Å². The van der Waals surface area contributed by atoms with E-state index in [1.54, 1.807) is 0 Å². The first kappa shape index (κ1) is 16.1. The molecule has 0 aliphatic carbocycles. The van der Waals surface area contributed by atoms with Crippen LogP contribution in [0.25, 0.3) is 0 Å². The van der Waals surface area contributed by atoms with E-state index < -0.39 is 32.1 Å². The molecule has 0 aromatic heterocycles. The van der Waals surface area contributed by atoms with Crippen LogP contribution in [-0.4, -0.2) is 65.0 Å². The summed E-state index contributed by atoms with van der Waals surface area (Å²) in [6.45, 7) is 0.130. The van der Waals surface area contributed by atoms with Crippen molar-refractivity contribution in [3.63, 3.8) is 0 Å². The van der Waals surface area contributed by atoms with E-state index in [4.69, 9.17) is 26.6 Å². The lowest BCUT2D eigenvalue weighted by Crippen LogP contribution is -2.38. The van der Waals surface area contributed by atoms with Crippen molar-refractivity contribution in [2.75, 3.05) is 27.9 Å². The summed E-state index contributed by atoms with van der Waals surface area (Å²) in [4.78, 5) is 13.5. The lowest BCUT2D eigenvalue weighted by molar-refractivity contribution is -0.203. The van der Waals surface area contributed by atoms with Crippen LogP contribution in [0.5, 0.6) is 0 Å². The third kappa shape index (κ3) is 4.01. The summed E-state index contributed by atoms with van der Waals surface area (Å²) in [5.41, 5.74) is 0. The fraction of sp³-hybridized carbons (Fsp3) is 1.00. The lowest BCUT2D eigenvalue weighted by atomic mass is 9.93. The van der Waals surface area contributed by atoms with Crippen LogP contribution in [0.15, 0.2) is 0 Å². The molecule has 4 unspecified atom stereocenters. The van der Waals surface area contributed by atoms with Crippen molar-refractivity contribution in [2.45, 2.75) is 24.3 Å². The molecule has 2 radical (unpaired) electrons. The van der Waals surface area contributed by atoms with Crippen molar-refractivity contribution in [3.05, 3.63) is 0 Å². The standard InChI is InChI=1S/C8H16BO8P/c1-12-4-5-6(7(13-2)8(9)15-5)16-18(10,11)17-14-3/h5-8H,4H2,1-3H3,(H,10,11)/t5?,6?,7-,8?/m0/s1. The van der Waals surface area contributed by atoms with Crippen molar-refractivity contribution in [3.8, 4) is 0 Å². The molecule has 1 saturated heterocycles. The Kier molecular flexibility index (Phi) is 6.23. The Labute approximate surface area is 106 Å². The largest absolute Gasteiger partial charge is 0.499 e. The number of ether oxygens (including phenoxy) is 3. The molecule has 0 bridgehead atoms. The minimum atomic E-state index is -4.37. The molecular weight excluding hydrogens is 266 g/mol. The Morgan fingerprint density at radius 1 is 1.33 bits per heavy atom. The number of hydrogen-bond acceptors (Lipinski definition) is 7. The molecule has 104 valence electrons. The molecule has 5 atom stereocenters. The third-order valence-corrected chi connectivity index (χ3v) is 3.22. The summed E-state index contributed by atoms with van der Waals surface area (Å²) in [6, 6.07) is -0.789. The molecule has 1 aliphatic heterocycles. The smallest absolute Gasteiger partial charge is 0.382 e. The maximum absolute atomic E-state index is 11.5. The van der Waals surface area contributed by atoms with E-state index in [2.05, 4.69) is 9.56 Å². The fourth-order valence-corrected chi connectivity index (χ4v) is 2.50. The molecular formula is C8H16BO8P. The van der Waals surface area contributed by atoms with Gasteiger partial charge in [-0.3, -0.25) is 4.52 Å². The average Bonchev–Trinajstić information content (AvgIpc) is 2.54. The van der Waals surface area contributed by atoms with Gasteiger partial charge in [0.25, 0.3) is 0 Å². The summed E-state index contributed by atoms with van der Waals surface area (Å²) >= 11 is 0. The molecule has 18 heavy (non-hydrogen) atoms. The second-order valence-corrected chi connectivity index (χ2v) is 4.87. The monoisotopic (exact) mass is 282 g/mol. The van der Waals surface area contributed by atoms with Gasteiger partial charge in [-0.05, 0) is 0 Å². The number of phosphoric acid groups is 1. The predicted molar refractivity (Wildman–Crippen MR) is 59.9 cm³/mol. The Bertz CT molecular complexity index is 303. The zero-order chi connectivity index (χ0) is 13.8. The summed E-state index contributed by atoms with van der Waals surface area (Å²) in [7, 11) is 5.22. The van der Waals surface area contributed by atoms with E-state index >= 15 is 0 Å². The van der Waals surface area contributed by atoms with Crippen LogP contribution >= 0.6 is 7.82 Å². The topological polar surface area (TPSA) is 92.7 Å². The van der Waals surface area contributed by atoms with Crippen molar-refractivity contribution in [2.24, 2.45) is 0 Å². The van der Waals surface area contributed by atoms with E-state index in [0.29, 0.717) is 0 Å². The molecule has 0 aromatic carbocycles. The Hall–Kier alpha value is 0.0149. The molecule has 0 spiro atoms. The summed E-state index contributed by atoms with van der Waals surface area (Å²) in [6.07, 6.45) is -2.27. The van der Waals surface area contributed by atoms with Gasteiger partial charge in [0.05, 0.1) is 13.7 Å². The van der Waals surface area contributed by atoms with Gasteiger partial charge in [0, 0.05) is 20.2 Å². The number of rotatable bonds is 7. The van der Waals surface area contributed by atoms with Gasteiger partial charge in [0.2, 0.25) is 0 Å². The van der Waals surface area contributed by atoms with Crippen LogP contribution < -0.4 is 0 Å². The van der Waals surface area contributed by atoms with Crippen LogP contribution in [0.3, 0.4) is 0 Å². The van der Waals surface area contributed by atoms with E-state index in [-0.39, 0.29) is 6.61 Å². The van der Waals surface area contributed by atoms with Gasteiger partial charge >= 0.3 is 7.82 Å². The van der Waals surface area contributed by atoms with Crippen LogP contribution in [-0.2, 0) is 32.9 Å². The highest BCUT2D eigenvalue weighted by molar-refractivity contribution is 7.47. The highest BCUT2D eigenvalue weighted by Gasteiger charge is 2.47. The highest BCUT2D eigenvalue weighted by atomic mass is 31.2. The Morgan fingerprint density at radius 2 is 2.00 bits per heavy atom. The second-order valence-electron chi connectivity index (χ2n) is 3.57. The van der Waals surface area contributed by atoms with Gasteiger partial charge in [-0.25, -0.2) is 9.45 Å². The normalized spacial score (nSPS) is 35.6. The second kappa shape index (κ2) is 6.97. The summed E-state index contributed by atoms with van der Waals surface area (Å²) in [5, 5.41) is 0. The number of methoxy groups -OCH3 is 2. The summed E-state index contributed by atoms with van der Waals surface area (Å²) < 4.78 is 35.9. The molecule has 1 fully saturated rings. The van der Waals surface area contributed by atoms with Gasteiger partial charge in [-0.15, -0.1) is 4.67 Å². The first-order chi connectivity index (χ1) is 8.45. The van der Waals surface area contributed by atoms with Gasteiger partial charge in [0.1, 0.15) is 26.2 Å². The number of hydrogen-bond donors (Lipinski definition) is 1. The minimum absolute atomic E-state index is 0.130. The van der Waals surface area contributed by atoms with Gasteiger partial charge in [0.15, 0.2) is 0 Å². The first-order valence-electron chi connectivity index (χ1n) is 5.11. The van der Waals surface area contributed by atoms with E-state index in [1.807, 2.05) is 0 Å². The zero-order valence-electron chi connectivity index (χ0n) is 10.3. The Morgan fingerprint density at radius 3 is 2.50 bits per heavy atom. The van der Waals surface area contributed by atoms with Crippen LogP contribution in [0, 0.1) is 0 Å². The quantitative estimate of drug-likeness (QED) is 0.292.